The predicted octanol–water partition coefficient (Wildman–Crippen LogP) is 1.71. The molecule has 3 nitrogen and oxygen atoms in total. The van der Waals surface area contributed by atoms with Crippen molar-refractivity contribution < 1.29 is 13.6 Å². The van der Waals surface area contributed by atoms with Gasteiger partial charge in [-0.3, -0.25) is 0 Å². The summed E-state index contributed by atoms with van der Waals surface area (Å²) < 4.78 is 16.0. The maximum atomic E-state index is 5.51. The lowest BCUT2D eigenvalue weighted by Gasteiger charge is -2.20. The highest BCUT2D eigenvalue weighted by molar-refractivity contribution is 6.18. The number of hydrogen-bond donors (Lipinski definition) is 0. The standard InChI is InChI=1S/C9H20O3Si/c1-7(2)8(10-6)11-13-12-9(3,4)5/h13H2,1-6H3. The zero-order chi connectivity index (χ0) is 10.5. The van der Waals surface area contributed by atoms with E-state index in [4.69, 9.17) is 13.6 Å². The fourth-order valence-corrected chi connectivity index (χ4v) is 1.59. The molecular weight excluding hydrogens is 184 g/mol. The highest BCUT2D eigenvalue weighted by atomic mass is 28.3. The second-order valence-corrected chi connectivity index (χ2v) is 4.82. The van der Waals surface area contributed by atoms with Crippen LogP contribution >= 0.6 is 0 Å². The maximum Gasteiger partial charge on any atom is 0.369 e. The second kappa shape index (κ2) is 5.29. The summed E-state index contributed by atoms with van der Waals surface area (Å²) in [6.07, 6.45) is 0. The summed E-state index contributed by atoms with van der Waals surface area (Å²) in [5.74, 6) is 0.593. The molecule has 0 aliphatic carbocycles. The molecule has 0 saturated carbocycles. The second-order valence-electron chi connectivity index (χ2n) is 4.01. The Morgan fingerprint density at radius 1 is 1.15 bits per heavy atom. The van der Waals surface area contributed by atoms with Gasteiger partial charge in [0.25, 0.3) is 5.95 Å². The van der Waals surface area contributed by atoms with Crippen molar-refractivity contribution in [3.05, 3.63) is 11.5 Å². The average Bonchev–Trinajstić information content (AvgIpc) is 1.95. The van der Waals surface area contributed by atoms with Crippen LogP contribution in [-0.2, 0) is 13.6 Å². The molecule has 0 fully saturated rings. The zero-order valence-corrected chi connectivity index (χ0v) is 10.8. The molecule has 0 amide bonds. The van der Waals surface area contributed by atoms with Crippen molar-refractivity contribution in [2.24, 2.45) is 0 Å². The number of methoxy groups -OCH3 is 1. The molecule has 0 bridgehead atoms. The maximum absolute atomic E-state index is 5.51. The summed E-state index contributed by atoms with van der Waals surface area (Å²) in [5.41, 5.74) is 0.916. The topological polar surface area (TPSA) is 27.7 Å². The molecule has 78 valence electrons. The van der Waals surface area contributed by atoms with Crippen LogP contribution in [0, 0.1) is 0 Å². The summed E-state index contributed by atoms with van der Waals surface area (Å²) >= 11 is 0. The summed E-state index contributed by atoms with van der Waals surface area (Å²) in [5, 5.41) is 0. The van der Waals surface area contributed by atoms with Crippen molar-refractivity contribution in [1.29, 1.82) is 0 Å². The van der Waals surface area contributed by atoms with E-state index in [1.54, 1.807) is 7.11 Å². The van der Waals surface area contributed by atoms with E-state index in [1.807, 2.05) is 34.6 Å². The van der Waals surface area contributed by atoms with Crippen LogP contribution < -0.4 is 0 Å². The van der Waals surface area contributed by atoms with E-state index in [-0.39, 0.29) is 5.60 Å². The summed E-state index contributed by atoms with van der Waals surface area (Å²) in [4.78, 5) is 0. The third-order valence-electron chi connectivity index (χ3n) is 1.28. The van der Waals surface area contributed by atoms with Gasteiger partial charge < -0.3 is 13.6 Å². The lowest BCUT2D eigenvalue weighted by Crippen LogP contribution is -2.23. The van der Waals surface area contributed by atoms with Crippen LogP contribution in [0.3, 0.4) is 0 Å². The molecule has 0 aromatic heterocycles. The van der Waals surface area contributed by atoms with Crippen LogP contribution in [-0.4, -0.2) is 22.7 Å². The molecule has 0 unspecified atom stereocenters. The molecule has 0 spiro atoms. The highest BCUT2D eigenvalue weighted by Gasteiger charge is 2.11. The first-order chi connectivity index (χ1) is 5.87. The van der Waals surface area contributed by atoms with E-state index >= 15 is 0 Å². The Bertz CT molecular complexity index is 178. The minimum absolute atomic E-state index is 0.118. The molecular formula is C9H20O3Si. The van der Waals surface area contributed by atoms with E-state index in [2.05, 4.69) is 0 Å². The molecule has 0 aromatic carbocycles. The number of allylic oxidation sites excluding steroid dienone is 1. The molecule has 0 saturated heterocycles. The number of rotatable bonds is 4. The van der Waals surface area contributed by atoms with Gasteiger partial charge >= 0.3 is 10.0 Å². The fourth-order valence-electron chi connectivity index (χ4n) is 0.667. The molecule has 0 aliphatic heterocycles. The minimum atomic E-state index is -0.977. The van der Waals surface area contributed by atoms with Crippen LogP contribution in [0.1, 0.15) is 34.6 Å². The van der Waals surface area contributed by atoms with Crippen molar-refractivity contribution in [3.8, 4) is 0 Å². The fraction of sp³-hybridized carbons (Fsp3) is 0.778. The van der Waals surface area contributed by atoms with E-state index in [0.29, 0.717) is 5.95 Å². The predicted molar refractivity (Wildman–Crippen MR) is 55.9 cm³/mol. The lowest BCUT2D eigenvalue weighted by atomic mass is 10.2. The van der Waals surface area contributed by atoms with Crippen LogP contribution in [0.2, 0.25) is 0 Å². The molecule has 0 heterocycles. The largest absolute Gasteiger partial charge is 0.499 e. The normalized spacial score (nSPS) is 11.8. The first kappa shape index (κ1) is 12.5. The van der Waals surface area contributed by atoms with Crippen molar-refractivity contribution in [2.45, 2.75) is 40.2 Å². The minimum Gasteiger partial charge on any atom is -0.499 e. The zero-order valence-electron chi connectivity index (χ0n) is 9.43. The van der Waals surface area contributed by atoms with Gasteiger partial charge in [0.2, 0.25) is 0 Å². The van der Waals surface area contributed by atoms with Crippen molar-refractivity contribution in [3.63, 3.8) is 0 Å². The molecule has 0 aromatic rings. The van der Waals surface area contributed by atoms with Gasteiger partial charge in [-0.2, -0.15) is 0 Å². The molecule has 0 aliphatic rings. The first-order valence-electron chi connectivity index (χ1n) is 4.35. The Balaban J connectivity index is 3.83. The third-order valence-corrected chi connectivity index (χ3v) is 2.64. The van der Waals surface area contributed by atoms with Crippen molar-refractivity contribution in [2.75, 3.05) is 7.11 Å². The first-order valence-corrected chi connectivity index (χ1v) is 5.50. The van der Waals surface area contributed by atoms with Crippen molar-refractivity contribution >= 4 is 10.0 Å². The highest BCUT2D eigenvalue weighted by Crippen LogP contribution is 2.09. The summed E-state index contributed by atoms with van der Waals surface area (Å²) in [6.45, 7) is 9.93. The smallest absolute Gasteiger partial charge is 0.369 e. The van der Waals surface area contributed by atoms with E-state index in [9.17, 15) is 0 Å². The molecule has 0 radical (unpaired) electrons. The van der Waals surface area contributed by atoms with Gasteiger partial charge in [0, 0.05) is 5.57 Å². The third kappa shape index (κ3) is 6.66. The van der Waals surface area contributed by atoms with Crippen LogP contribution in [0.15, 0.2) is 11.5 Å². The van der Waals surface area contributed by atoms with Gasteiger partial charge in [-0.05, 0) is 34.6 Å². The molecule has 0 rings (SSSR count). The Labute approximate surface area is 83.1 Å². The van der Waals surface area contributed by atoms with E-state index in [0.717, 1.165) is 5.57 Å². The quantitative estimate of drug-likeness (QED) is 0.515. The van der Waals surface area contributed by atoms with Gasteiger partial charge in [0.05, 0.1) is 12.7 Å². The summed E-state index contributed by atoms with van der Waals surface area (Å²) in [7, 11) is 0.628. The molecule has 13 heavy (non-hydrogen) atoms. The van der Waals surface area contributed by atoms with E-state index in [1.165, 1.54) is 0 Å². The van der Waals surface area contributed by atoms with Crippen molar-refractivity contribution in [1.82, 2.24) is 0 Å². The van der Waals surface area contributed by atoms with Crippen LogP contribution in [0.4, 0.5) is 0 Å². The van der Waals surface area contributed by atoms with Crippen LogP contribution in [0.25, 0.3) is 0 Å². The Kier molecular flexibility index (Phi) is 5.09. The Morgan fingerprint density at radius 3 is 2.00 bits per heavy atom. The number of hydrogen-bond acceptors (Lipinski definition) is 3. The van der Waals surface area contributed by atoms with Crippen LogP contribution in [0.5, 0.6) is 0 Å². The lowest BCUT2D eigenvalue weighted by molar-refractivity contribution is 0.0763. The molecule has 0 N–H and O–H groups in total. The van der Waals surface area contributed by atoms with E-state index < -0.39 is 10.0 Å². The average molecular weight is 204 g/mol. The number of ether oxygens (including phenoxy) is 1. The monoisotopic (exact) mass is 204 g/mol. The summed E-state index contributed by atoms with van der Waals surface area (Å²) in [6, 6.07) is 0. The Hall–Kier alpha value is -0.483. The Morgan fingerprint density at radius 2 is 1.69 bits per heavy atom. The molecule has 0 atom stereocenters. The van der Waals surface area contributed by atoms with Gasteiger partial charge in [-0.1, -0.05) is 0 Å². The van der Waals surface area contributed by atoms with Gasteiger partial charge in [0.15, 0.2) is 0 Å². The van der Waals surface area contributed by atoms with Gasteiger partial charge in [-0.15, -0.1) is 0 Å². The van der Waals surface area contributed by atoms with Gasteiger partial charge in [-0.25, -0.2) is 0 Å². The molecule has 4 heteroatoms. The van der Waals surface area contributed by atoms with Gasteiger partial charge in [0.1, 0.15) is 0 Å². The SMILES string of the molecule is COC(O[SiH2]OC(C)(C)C)=C(C)C.